The third-order valence-corrected chi connectivity index (χ3v) is 7.13. The Kier molecular flexibility index (Phi) is 8.58. The number of aromatic nitrogens is 1. The second-order valence-electron chi connectivity index (χ2n) is 10.4. The number of hydrogen-bond acceptors (Lipinski definition) is 5. The SMILES string of the molecule is COc1ccc(C(=Nc2ccc(C)cc2C)c2cccc(C(=Nc3ccc(C)cc3C)c3ccc(OC)cc3)n2)cc1. The zero-order valence-corrected chi connectivity index (χ0v) is 25.0. The van der Waals surface area contributed by atoms with E-state index in [0.29, 0.717) is 0 Å². The van der Waals surface area contributed by atoms with Crippen molar-refractivity contribution < 1.29 is 9.47 Å². The van der Waals surface area contributed by atoms with E-state index in [1.807, 2.05) is 66.7 Å². The fourth-order valence-electron chi connectivity index (χ4n) is 4.84. The number of aryl methyl sites for hydroxylation is 4. The summed E-state index contributed by atoms with van der Waals surface area (Å²) in [5.74, 6) is 1.57. The first kappa shape index (κ1) is 28.5. The molecule has 1 aromatic heterocycles. The summed E-state index contributed by atoms with van der Waals surface area (Å²) in [5.41, 5.74) is 11.3. The van der Waals surface area contributed by atoms with Gasteiger partial charge < -0.3 is 9.47 Å². The summed E-state index contributed by atoms with van der Waals surface area (Å²) in [4.78, 5) is 15.5. The monoisotopic (exact) mass is 553 g/mol. The van der Waals surface area contributed by atoms with E-state index in [2.05, 4.69) is 64.1 Å². The predicted octanol–water partition coefficient (Wildman–Crippen LogP) is 8.67. The molecule has 1 heterocycles. The molecule has 5 rings (SSSR count). The Morgan fingerprint density at radius 2 is 0.929 bits per heavy atom. The molecule has 0 fully saturated rings. The highest BCUT2D eigenvalue weighted by Crippen LogP contribution is 2.26. The van der Waals surface area contributed by atoms with Crippen LogP contribution >= 0.6 is 0 Å². The van der Waals surface area contributed by atoms with Crippen LogP contribution in [0.1, 0.15) is 44.8 Å². The lowest BCUT2D eigenvalue weighted by molar-refractivity contribution is 0.414. The Balaban J connectivity index is 1.69. The molecule has 0 aliphatic carbocycles. The maximum Gasteiger partial charge on any atom is 0.118 e. The van der Waals surface area contributed by atoms with Crippen LogP contribution in [0.15, 0.2) is 113 Å². The maximum atomic E-state index is 5.41. The largest absolute Gasteiger partial charge is 0.497 e. The van der Waals surface area contributed by atoms with E-state index >= 15 is 0 Å². The molecule has 0 saturated carbocycles. The van der Waals surface area contributed by atoms with Crippen LogP contribution in [0.2, 0.25) is 0 Å². The van der Waals surface area contributed by atoms with Gasteiger partial charge in [0.15, 0.2) is 0 Å². The second-order valence-corrected chi connectivity index (χ2v) is 10.4. The number of methoxy groups -OCH3 is 2. The van der Waals surface area contributed by atoms with Crippen LogP contribution in [0, 0.1) is 27.7 Å². The lowest BCUT2D eigenvalue weighted by atomic mass is 10.0. The fourth-order valence-corrected chi connectivity index (χ4v) is 4.84. The third kappa shape index (κ3) is 6.47. The van der Waals surface area contributed by atoms with Crippen molar-refractivity contribution in [1.29, 1.82) is 0 Å². The van der Waals surface area contributed by atoms with Crippen LogP contribution in [0.4, 0.5) is 11.4 Å². The summed E-state index contributed by atoms with van der Waals surface area (Å²) in [6, 6.07) is 34.4. The molecular weight excluding hydrogens is 518 g/mol. The van der Waals surface area contributed by atoms with Gasteiger partial charge >= 0.3 is 0 Å². The fraction of sp³-hybridized carbons (Fsp3) is 0.162. The van der Waals surface area contributed by atoms with Gasteiger partial charge in [-0.2, -0.15) is 0 Å². The van der Waals surface area contributed by atoms with Gasteiger partial charge in [-0.15, -0.1) is 0 Å². The summed E-state index contributed by atoms with van der Waals surface area (Å²) < 4.78 is 10.8. The Labute approximate surface area is 248 Å². The van der Waals surface area contributed by atoms with Crippen molar-refractivity contribution in [1.82, 2.24) is 4.98 Å². The quantitative estimate of drug-likeness (QED) is 0.181. The third-order valence-electron chi connectivity index (χ3n) is 7.13. The summed E-state index contributed by atoms with van der Waals surface area (Å²) >= 11 is 0. The second kappa shape index (κ2) is 12.6. The highest BCUT2D eigenvalue weighted by molar-refractivity contribution is 6.16. The van der Waals surface area contributed by atoms with Gasteiger partial charge in [-0.1, -0.05) is 41.5 Å². The van der Waals surface area contributed by atoms with Crippen molar-refractivity contribution in [3.63, 3.8) is 0 Å². The summed E-state index contributed by atoms with van der Waals surface area (Å²) in [5, 5.41) is 0. The highest BCUT2D eigenvalue weighted by atomic mass is 16.5. The lowest BCUT2D eigenvalue weighted by Gasteiger charge is -2.13. The lowest BCUT2D eigenvalue weighted by Crippen LogP contribution is -2.12. The molecule has 0 saturated heterocycles. The molecule has 210 valence electrons. The number of aliphatic imine (C=N–C) groups is 2. The van der Waals surface area contributed by atoms with E-state index in [-0.39, 0.29) is 0 Å². The number of ether oxygens (including phenoxy) is 2. The maximum absolute atomic E-state index is 5.41. The van der Waals surface area contributed by atoms with Crippen molar-refractivity contribution in [3.8, 4) is 11.5 Å². The van der Waals surface area contributed by atoms with E-state index in [1.54, 1.807) is 14.2 Å². The zero-order valence-electron chi connectivity index (χ0n) is 25.0. The van der Waals surface area contributed by atoms with Gasteiger partial charge in [-0.3, -0.25) is 0 Å². The van der Waals surface area contributed by atoms with Gasteiger partial charge in [-0.25, -0.2) is 15.0 Å². The van der Waals surface area contributed by atoms with Crippen molar-refractivity contribution in [2.24, 2.45) is 9.98 Å². The summed E-state index contributed by atoms with van der Waals surface area (Å²) in [6.45, 7) is 8.34. The van der Waals surface area contributed by atoms with E-state index in [1.165, 1.54) is 11.1 Å². The number of nitrogens with zero attached hydrogens (tertiary/aromatic N) is 3. The first-order valence-electron chi connectivity index (χ1n) is 13.9. The first-order chi connectivity index (χ1) is 20.3. The van der Waals surface area contributed by atoms with E-state index in [0.717, 1.165) is 67.9 Å². The van der Waals surface area contributed by atoms with Crippen LogP contribution in [0.5, 0.6) is 11.5 Å². The van der Waals surface area contributed by atoms with Gasteiger partial charge in [0.2, 0.25) is 0 Å². The van der Waals surface area contributed by atoms with Crippen LogP contribution in [-0.2, 0) is 0 Å². The molecular formula is C37H35N3O2. The normalized spacial score (nSPS) is 11.9. The molecule has 4 aromatic carbocycles. The number of hydrogen-bond donors (Lipinski definition) is 0. The first-order valence-corrected chi connectivity index (χ1v) is 13.9. The Bertz CT molecular complexity index is 1640. The molecule has 0 atom stereocenters. The standard InChI is InChI=1S/C37H35N3O2/c1-24-10-20-32(26(3)22-24)39-36(28-12-16-30(41-5)17-13-28)34-8-7-9-35(38-34)37(29-14-18-31(42-6)19-15-29)40-33-21-11-25(2)23-27(33)4/h7-23H,1-6H3. The van der Waals surface area contributed by atoms with Crippen LogP contribution in [0.25, 0.3) is 0 Å². The average Bonchev–Trinajstić information content (AvgIpc) is 3.00. The molecule has 0 aliphatic heterocycles. The number of rotatable bonds is 8. The van der Waals surface area contributed by atoms with Crippen molar-refractivity contribution in [3.05, 3.63) is 148 Å². The molecule has 0 spiro atoms. The minimum Gasteiger partial charge on any atom is -0.497 e. The summed E-state index contributed by atoms with van der Waals surface area (Å²) in [6.07, 6.45) is 0. The van der Waals surface area contributed by atoms with Gasteiger partial charge in [0, 0.05) is 11.1 Å². The van der Waals surface area contributed by atoms with Crippen molar-refractivity contribution >= 4 is 22.8 Å². The molecule has 42 heavy (non-hydrogen) atoms. The van der Waals surface area contributed by atoms with E-state index in [9.17, 15) is 0 Å². The van der Waals surface area contributed by atoms with E-state index in [4.69, 9.17) is 24.4 Å². The Morgan fingerprint density at radius 3 is 1.29 bits per heavy atom. The molecule has 5 aromatic rings. The molecule has 0 amide bonds. The molecule has 5 nitrogen and oxygen atoms in total. The highest BCUT2D eigenvalue weighted by Gasteiger charge is 2.16. The molecule has 5 heteroatoms. The smallest absolute Gasteiger partial charge is 0.118 e. The van der Waals surface area contributed by atoms with Crippen LogP contribution in [-0.4, -0.2) is 30.6 Å². The van der Waals surface area contributed by atoms with E-state index < -0.39 is 0 Å². The molecule has 0 radical (unpaired) electrons. The minimum absolute atomic E-state index is 0.750. The molecule has 0 bridgehead atoms. The van der Waals surface area contributed by atoms with Gasteiger partial charge in [0.1, 0.15) is 11.5 Å². The Morgan fingerprint density at radius 1 is 0.524 bits per heavy atom. The number of benzene rings is 4. The van der Waals surface area contributed by atoms with Crippen LogP contribution < -0.4 is 9.47 Å². The van der Waals surface area contributed by atoms with Gasteiger partial charge in [-0.05, 0) is 112 Å². The van der Waals surface area contributed by atoms with Crippen molar-refractivity contribution in [2.45, 2.75) is 27.7 Å². The summed E-state index contributed by atoms with van der Waals surface area (Å²) in [7, 11) is 3.33. The molecule has 0 N–H and O–H groups in total. The zero-order chi connectivity index (χ0) is 29.6. The average molecular weight is 554 g/mol. The minimum atomic E-state index is 0.750. The topological polar surface area (TPSA) is 56.1 Å². The molecule has 0 aliphatic rings. The predicted molar refractivity (Wildman–Crippen MR) is 173 cm³/mol. The van der Waals surface area contributed by atoms with Crippen LogP contribution in [0.3, 0.4) is 0 Å². The Hall–Kier alpha value is -5.03. The van der Waals surface area contributed by atoms with Gasteiger partial charge in [0.25, 0.3) is 0 Å². The van der Waals surface area contributed by atoms with Gasteiger partial charge in [0.05, 0.1) is 48.4 Å². The van der Waals surface area contributed by atoms with Crippen molar-refractivity contribution in [2.75, 3.05) is 14.2 Å². The number of pyridine rings is 1. The molecule has 0 unspecified atom stereocenters.